The molecule has 0 aliphatic carbocycles. The van der Waals surface area contributed by atoms with Crippen molar-refractivity contribution in [3.8, 4) is 0 Å². The van der Waals surface area contributed by atoms with Crippen molar-refractivity contribution >= 4 is 5.91 Å². The van der Waals surface area contributed by atoms with Crippen LogP contribution in [0.1, 0.15) is 12.2 Å². The minimum atomic E-state index is -0.0151. The molecule has 1 unspecified atom stereocenters. The van der Waals surface area contributed by atoms with E-state index in [1.165, 1.54) is 0 Å². The summed E-state index contributed by atoms with van der Waals surface area (Å²) in [6.45, 7) is 1.33. The predicted octanol–water partition coefficient (Wildman–Crippen LogP) is -1.21. The Labute approximate surface area is 81.7 Å². The molecule has 1 aliphatic heterocycles. The maximum absolute atomic E-state index is 11.4. The molecule has 1 saturated heterocycles. The molecule has 1 aromatic rings. The quantitative estimate of drug-likeness (QED) is 0.635. The lowest BCUT2D eigenvalue weighted by atomic mass is 10.1. The van der Waals surface area contributed by atoms with E-state index >= 15 is 0 Å². The molecule has 1 amide bonds. The maximum Gasteiger partial charge on any atom is 0.237 e. The van der Waals surface area contributed by atoms with E-state index < -0.39 is 0 Å². The molecule has 0 spiro atoms. The van der Waals surface area contributed by atoms with Crippen molar-refractivity contribution in [1.82, 2.24) is 25.4 Å². The number of nitrogens with zero attached hydrogens (tertiary/aromatic N) is 3. The number of rotatable bonds is 3. The number of nitrogens with one attached hydrogen (secondary N) is 2. The molecule has 14 heavy (non-hydrogen) atoms. The summed E-state index contributed by atoms with van der Waals surface area (Å²) in [6.07, 6.45) is 2.53. The molecule has 1 aromatic heterocycles. The zero-order valence-electron chi connectivity index (χ0n) is 8.03. The summed E-state index contributed by atoms with van der Waals surface area (Å²) in [6, 6.07) is -0.0151. The van der Waals surface area contributed by atoms with Gasteiger partial charge in [-0.15, -0.1) is 0 Å². The molecule has 6 nitrogen and oxygen atoms in total. The van der Waals surface area contributed by atoms with Crippen molar-refractivity contribution in [3.05, 3.63) is 12.2 Å². The topological polar surface area (TPSA) is 71.8 Å². The fourth-order valence-electron chi connectivity index (χ4n) is 1.27. The van der Waals surface area contributed by atoms with Gasteiger partial charge in [-0.1, -0.05) is 0 Å². The van der Waals surface area contributed by atoms with E-state index in [0.717, 1.165) is 13.0 Å². The third-order valence-electron chi connectivity index (χ3n) is 2.21. The molecule has 2 N–H and O–H groups in total. The van der Waals surface area contributed by atoms with E-state index in [-0.39, 0.29) is 11.9 Å². The van der Waals surface area contributed by atoms with Gasteiger partial charge in [-0.3, -0.25) is 9.48 Å². The van der Waals surface area contributed by atoms with Crippen molar-refractivity contribution in [2.24, 2.45) is 7.05 Å². The highest BCUT2D eigenvalue weighted by molar-refractivity contribution is 5.82. The summed E-state index contributed by atoms with van der Waals surface area (Å²) < 4.78 is 1.61. The van der Waals surface area contributed by atoms with Crippen LogP contribution in [0.15, 0.2) is 6.33 Å². The number of carbonyl (C=O) groups excluding carboxylic acids is 1. The van der Waals surface area contributed by atoms with Crippen molar-refractivity contribution in [1.29, 1.82) is 0 Å². The second-order valence-electron chi connectivity index (χ2n) is 3.35. The first-order valence-corrected chi connectivity index (χ1v) is 4.61. The third-order valence-corrected chi connectivity index (χ3v) is 2.21. The lowest BCUT2D eigenvalue weighted by Crippen LogP contribution is -2.53. The van der Waals surface area contributed by atoms with Crippen molar-refractivity contribution in [2.45, 2.75) is 19.0 Å². The second kappa shape index (κ2) is 3.75. The third kappa shape index (κ3) is 1.90. The van der Waals surface area contributed by atoms with Crippen LogP contribution in [0.2, 0.25) is 0 Å². The monoisotopic (exact) mass is 195 g/mol. The molecule has 2 heterocycles. The second-order valence-corrected chi connectivity index (χ2v) is 3.35. The Hall–Kier alpha value is -1.43. The summed E-state index contributed by atoms with van der Waals surface area (Å²) in [5, 5.41) is 9.86. The largest absolute Gasteiger partial charge is 0.347 e. The summed E-state index contributed by atoms with van der Waals surface area (Å²) in [4.78, 5) is 15.4. The average molecular weight is 195 g/mol. The van der Waals surface area contributed by atoms with Crippen LogP contribution in [0.4, 0.5) is 0 Å². The molecule has 2 rings (SSSR count). The fourth-order valence-corrected chi connectivity index (χ4v) is 1.27. The Kier molecular flexibility index (Phi) is 2.45. The SMILES string of the molecule is Cn1cnc(CNC(=O)C2CCN2)n1. The molecule has 0 radical (unpaired) electrons. The van der Waals surface area contributed by atoms with Crippen molar-refractivity contribution in [3.63, 3.8) is 0 Å². The number of carbonyl (C=O) groups is 1. The van der Waals surface area contributed by atoms with Crippen LogP contribution < -0.4 is 10.6 Å². The Bertz CT molecular complexity index is 330. The van der Waals surface area contributed by atoms with E-state index in [9.17, 15) is 4.79 Å². The minimum absolute atomic E-state index is 0.0151. The van der Waals surface area contributed by atoms with Gasteiger partial charge >= 0.3 is 0 Å². The molecule has 6 heteroatoms. The van der Waals surface area contributed by atoms with Gasteiger partial charge in [0.05, 0.1) is 12.6 Å². The van der Waals surface area contributed by atoms with E-state index in [4.69, 9.17) is 0 Å². The number of hydrogen-bond donors (Lipinski definition) is 2. The Balaban J connectivity index is 1.79. The van der Waals surface area contributed by atoms with Gasteiger partial charge < -0.3 is 10.6 Å². The molecule has 0 aromatic carbocycles. The first-order chi connectivity index (χ1) is 6.75. The normalized spacial score (nSPS) is 20.2. The summed E-state index contributed by atoms with van der Waals surface area (Å²) in [7, 11) is 1.80. The number of aryl methyl sites for hydroxylation is 1. The van der Waals surface area contributed by atoms with Crippen molar-refractivity contribution in [2.75, 3.05) is 6.54 Å². The van der Waals surface area contributed by atoms with Crippen LogP contribution in [0, 0.1) is 0 Å². The Morgan fingerprint density at radius 3 is 3.14 bits per heavy atom. The highest BCUT2D eigenvalue weighted by Gasteiger charge is 2.23. The number of aromatic nitrogens is 3. The minimum Gasteiger partial charge on any atom is -0.347 e. The van der Waals surface area contributed by atoms with Crippen LogP contribution in [0.25, 0.3) is 0 Å². The standard InChI is InChI=1S/C8H13N5O/c1-13-5-11-7(12-13)4-10-8(14)6-2-3-9-6/h5-6,9H,2-4H2,1H3,(H,10,14). The van der Waals surface area contributed by atoms with Crippen LogP contribution >= 0.6 is 0 Å². The molecule has 1 fully saturated rings. The molecule has 1 atom stereocenters. The molecular formula is C8H13N5O. The van der Waals surface area contributed by atoms with Gasteiger partial charge in [-0.25, -0.2) is 4.98 Å². The van der Waals surface area contributed by atoms with Gasteiger partial charge in [-0.2, -0.15) is 5.10 Å². The van der Waals surface area contributed by atoms with Crippen LogP contribution in [-0.4, -0.2) is 33.3 Å². The van der Waals surface area contributed by atoms with Crippen LogP contribution in [0.3, 0.4) is 0 Å². The highest BCUT2D eigenvalue weighted by atomic mass is 16.2. The van der Waals surface area contributed by atoms with Crippen molar-refractivity contribution < 1.29 is 4.79 Å². The number of amides is 1. The van der Waals surface area contributed by atoms with Crippen LogP contribution in [0.5, 0.6) is 0 Å². The van der Waals surface area contributed by atoms with Crippen LogP contribution in [-0.2, 0) is 18.4 Å². The lowest BCUT2D eigenvalue weighted by molar-refractivity contribution is -0.124. The Morgan fingerprint density at radius 1 is 1.86 bits per heavy atom. The van der Waals surface area contributed by atoms with Gasteiger partial charge in [-0.05, 0) is 13.0 Å². The van der Waals surface area contributed by atoms with E-state index in [0.29, 0.717) is 12.4 Å². The van der Waals surface area contributed by atoms with Gasteiger partial charge in [0.2, 0.25) is 5.91 Å². The maximum atomic E-state index is 11.4. The fraction of sp³-hybridized carbons (Fsp3) is 0.625. The highest BCUT2D eigenvalue weighted by Crippen LogP contribution is 2.01. The average Bonchev–Trinajstić information content (AvgIpc) is 2.45. The summed E-state index contributed by atoms with van der Waals surface area (Å²) in [5.74, 6) is 0.670. The lowest BCUT2D eigenvalue weighted by Gasteiger charge is -2.25. The molecule has 0 bridgehead atoms. The smallest absolute Gasteiger partial charge is 0.237 e. The van der Waals surface area contributed by atoms with Gasteiger partial charge in [0.25, 0.3) is 0 Å². The zero-order valence-corrected chi connectivity index (χ0v) is 8.03. The first-order valence-electron chi connectivity index (χ1n) is 4.61. The predicted molar refractivity (Wildman–Crippen MR) is 49.3 cm³/mol. The van der Waals surface area contributed by atoms with Gasteiger partial charge in [0.15, 0.2) is 5.82 Å². The molecular weight excluding hydrogens is 182 g/mol. The molecule has 1 aliphatic rings. The first kappa shape index (κ1) is 9.14. The van der Waals surface area contributed by atoms with E-state index in [2.05, 4.69) is 20.7 Å². The van der Waals surface area contributed by atoms with E-state index in [1.54, 1.807) is 18.1 Å². The molecule has 0 saturated carbocycles. The Morgan fingerprint density at radius 2 is 2.64 bits per heavy atom. The summed E-state index contributed by atoms with van der Waals surface area (Å²) in [5.41, 5.74) is 0. The zero-order chi connectivity index (χ0) is 9.97. The van der Waals surface area contributed by atoms with Gasteiger partial charge in [0, 0.05) is 7.05 Å². The van der Waals surface area contributed by atoms with E-state index in [1.807, 2.05) is 0 Å². The number of hydrogen-bond acceptors (Lipinski definition) is 4. The summed E-state index contributed by atoms with van der Waals surface area (Å²) >= 11 is 0. The van der Waals surface area contributed by atoms with Gasteiger partial charge in [0.1, 0.15) is 6.33 Å². The molecule has 76 valence electrons.